The molecule has 30 heavy (non-hydrogen) atoms. The molecule has 1 saturated heterocycles. The molecular formula is C21H24FN3O4S. The molecule has 9 heteroatoms. The van der Waals surface area contributed by atoms with Crippen LogP contribution in [0.5, 0.6) is 0 Å². The number of halogens is 1. The second kappa shape index (κ2) is 8.93. The predicted molar refractivity (Wildman–Crippen MR) is 110 cm³/mol. The number of hydrogen-bond acceptors (Lipinski definition) is 4. The zero-order chi connectivity index (χ0) is 21.9. The van der Waals surface area contributed by atoms with Gasteiger partial charge in [0.25, 0.3) is 5.91 Å². The summed E-state index contributed by atoms with van der Waals surface area (Å²) >= 11 is 0. The van der Waals surface area contributed by atoms with Gasteiger partial charge in [-0.15, -0.1) is 0 Å². The van der Waals surface area contributed by atoms with Gasteiger partial charge >= 0.3 is 0 Å². The Balaban J connectivity index is 1.54. The Morgan fingerprint density at radius 2 is 1.67 bits per heavy atom. The van der Waals surface area contributed by atoms with Crippen molar-refractivity contribution < 1.29 is 22.4 Å². The summed E-state index contributed by atoms with van der Waals surface area (Å²) in [5.41, 5.74) is 2.54. The van der Waals surface area contributed by atoms with E-state index in [9.17, 15) is 22.4 Å². The van der Waals surface area contributed by atoms with Gasteiger partial charge in [-0.05, 0) is 49.2 Å². The van der Waals surface area contributed by atoms with Crippen LogP contribution < -0.4 is 5.32 Å². The van der Waals surface area contributed by atoms with Crippen LogP contribution in [-0.2, 0) is 14.8 Å². The number of nitrogens with zero attached hydrogens (tertiary/aromatic N) is 2. The van der Waals surface area contributed by atoms with Crippen LogP contribution in [0, 0.1) is 19.7 Å². The lowest BCUT2D eigenvalue weighted by molar-refractivity contribution is -0.131. The molecule has 0 bridgehead atoms. The second-order valence-electron chi connectivity index (χ2n) is 7.20. The van der Waals surface area contributed by atoms with Crippen LogP contribution in [-0.4, -0.2) is 62.2 Å². The largest absolute Gasteiger partial charge is 0.343 e. The van der Waals surface area contributed by atoms with Crippen molar-refractivity contribution >= 4 is 21.8 Å². The SMILES string of the molecule is Cc1ccc(C(=O)NCC(=O)N2CCN(S(=O)(=O)c3ccccc3F)CC2)cc1C. The predicted octanol–water partition coefficient (Wildman–Crippen LogP) is 1.71. The highest BCUT2D eigenvalue weighted by Crippen LogP contribution is 2.20. The highest BCUT2D eigenvalue weighted by Gasteiger charge is 2.31. The number of aryl methyl sites for hydroxylation is 2. The van der Waals surface area contributed by atoms with E-state index in [0.29, 0.717) is 5.56 Å². The molecule has 0 spiro atoms. The average molecular weight is 434 g/mol. The van der Waals surface area contributed by atoms with E-state index >= 15 is 0 Å². The number of amides is 2. The van der Waals surface area contributed by atoms with Gasteiger partial charge in [0.1, 0.15) is 10.7 Å². The zero-order valence-electron chi connectivity index (χ0n) is 16.9. The first-order chi connectivity index (χ1) is 14.2. The number of hydrogen-bond donors (Lipinski definition) is 1. The molecule has 0 aliphatic carbocycles. The quantitative estimate of drug-likeness (QED) is 0.778. The fourth-order valence-corrected chi connectivity index (χ4v) is 4.71. The fraction of sp³-hybridized carbons (Fsp3) is 0.333. The van der Waals surface area contributed by atoms with Crippen LogP contribution in [0.2, 0.25) is 0 Å². The molecule has 0 aromatic heterocycles. The van der Waals surface area contributed by atoms with Crippen LogP contribution in [0.1, 0.15) is 21.5 Å². The first-order valence-corrected chi connectivity index (χ1v) is 11.0. The van der Waals surface area contributed by atoms with Crippen molar-refractivity contribution in [1.82, 2.24) is 14.5 Å². The Labute approximate surface area is 175 Å². The van der Waals surface area contributed by atoms with E-state index in [4.69, 9.17) is 0 Å². The van der Waals surface area contributed by atoms with Gasteiger partial charge in [-0.2, -0.15) is 4.31 Å². The lowest BCUT2D eigenvalue weighted by Gasteiger charge is -2.34. The summed E-state index contributed by atoms with van der Waals surface area (Å²) in [4.78, 5) is 25.8. The van der Waals surface area contributed by atoms with Crippen LogP contribution >= 0.6 is 0 Å². The van der Waals surface area contributed by atoms with Crippen molar-refractivity contribution in [2.75, 3.05) is 32.7 Å². The van der Waals surface area contributed by atoms with Crippen molar-refractivity contribution in [3.63, 3.8) is 0 Å². The topological polar surface area (TPSA) is 86.8 Å². The van der Waals surface area contributed by atoms with Gasteiger partial charge in [0.05, 0.1) is 6.54 Å². The molecule has 0 atom stereocenters. The van der Waals surface area contributed by atoms with Crippen LogP contribution in [0.3, 0.4) is 0 Å². The van der Waals surface area contributed by atoms with Crippen molar-refractivity contribution in [3.8, 4) is 0 Å². The van der Waals surface area contributed by atoms with Crippen LogP contribution in [0.4, 0.5) is 4.39 Å². The highest BCUT2D eigenvalue weighted by atomic mass is 32.2. The first kappa shape index (κ1) is 21.9. The van der Waals surface area contributed by atoms with E-state index in [1.807, 2.05) is 19.9 Å². The number of carbonyl (C=O) groups is 2. The highest BCUT2D eigenvalue weighted by molar-refractivity contribution is 7.89. The Bertz CT molecular complexity index is 1060. The van der Waals surface area contributed by atoms with Gasteiger partial charge in [0.15, 0.2) is 0 Å². The summed E-state index contributed by atoms with van der Waals surface area (Å²) in [5.74, 6) is -1.44. The number of sulfonamides is 1. The minimum absolute atomic E-state index is 0.0630. The molecule has 1 N–H and O–H groups in total. The molecule has 2 aromatic carbocycles. The lowest BCUT2D eigenvalue weighted by Crippen LogP contribution is -2.52. The van der Waals surface area contributed by atoms with Crippen LogP contribution in [0.25, 0.3) is 0 Å². The normalized spacial score (nSPS) is 15.1. The molecule has 2 amide bonds. The maximum atomic E-state index is 13.9. The molecule has 2 aromatic rings. The average Bonchev–Trinajstić information content (AvgIpc) is 2.74. The smallest absolute Gasteiger partial charge is 0.251 e. The van der Waals surface area contributed by atoms with Crippen molar-refractivity contribution in [3.05, 3.63) is 65.0 Å². The molecule has 1 aliphatic rings. The van der Waals surface area contributed by atoms with Gasteiger partial charge in [-0.25, -0.2) is 12.8 Å². The van der Waals surface area contributed by atoms with Crippen molar-refractivity contribution in [2.45, 2.75) is 18.7 Å². The zero-order valence-corrected chi connectivity index (χ0v) is 17.7. The van der Waals surface area contributed by atoms with E-state index in [-0.39, 0.29) is 49.4 Å². The maximum absolute atomic E-state index is 13.9. The van der Waals surface area contributed by atoms with Gasteiger partial charge < -0.3 is 10.2 Å². The number of benzene rings is 2. The van der Waals surface area contributed by atoms with Crippen molar-refractivity contribution in [2.24, 2.45) is 0 Å². The molecule has 3 rings (SSSR count). The van der Waals surface area contributed by atoms with E-state index in [0.717, 1.165) is 17.2 Å². The monoisotopic (exact) mass is 433 g/mol. The third kappa shape index (κ3) is 4.68. The summed E-state index contributed by atoms with van der Waals surface area (Å²) in [6.07, 6.45) is 0. The molecule has 1 fully saturated rings. The van der Waals surface area contributed by atoms with Crippen molar-refractivity contribution in [1.29, 1.82) is 0 Å². The molecule has 160 valence electrons. The number of rotatable bonds is 5. The molecule has 0 unspecified atom stereocenters. The molecule has 0 radical (unpaired) electrons. The van der Waals surface area contributed by atoms with Gasteiger partial charge in [-0.3, -0.25) is 9.59 Å². The van der Waals surface area contributed by atoms with Gasteiger partial charge in [0.2, 0.25) is 15.9 Å². The summed E-state index contributed by atoms with van der Waals surface area (Å²) in [6, 6.07) is 10.5. The van der Waals surface area contributed by atoms with E-state index in [2.05, 4.69) is 5.32 Å². The second-order valence-corrected chi connectivity index (χ2v) is 9.10. The Morgan fingerprint density at radius 3 is 2.30 bits per heavy atom. The first-order valence-electron chi connectivity index (χ1n) is 9.58. The molecule has 1 aliphatic heterocycles. The third-order valence-electron chi connectivity index (χ3n) is 5.22. The maximum Gasteiger partial charge on any atom is 0.251 e. The lowest BCUT2D eigenvalue weighted by atomic mass is 10.1. The summed E-state index contributed by atoms with van der Waals surface area (Å²) < 4.78 is 40.3. The molecule has 1 heterocycles. The minimum atomic E-state index is -3.96. The number of piperazine rings is 1. The Kier molecular flexibility index (Phi) is 6.52. The summed E-state index contributed by atoms with van der Waals surface area (Å²) in [5, 5.41) is 2.61. The molecular weight excluding hydrogens is 409 g/mol. The fourth-order valence-electron chi connectivity index (χ4n) is 3.22. The van der Waals surface area contributed by atoms with Crippen LogP contribution in [0.15, 0.2) is 47.4 Å². The number of nitrogens with one attached hydrogen (secondary N) is 1. The van der Waals surface area contributed by atoms with E-state index in [1.165, 1.54) is 27.4 Å². The number of carbonyl (C=O) groups excluding carboxylic acids is 2. The molecule has 0 saturated carbocycles. The Morgan fingerprint density at radius 1 is 1.00 bits per heavy atom. The standard InChI is InChI=1S/C21H24FN3O4S/c1-15-7-8-17(13-16(15)2)21(27)23-14-20(26)24-9-11-25(12-10-24)30(28,29)19-6-4-3-5-18(19)22/h3-8,13H,9-12,14H2,1-2H3,(H,23,27). The summed E-state index contributed by atoms with van der Waals surface area (Å²) in [6.45, 7) is 4.16. The van der Waals surface area contributed by atoms with E-state index in [1.54, 1.807) is 12.1 Å². The summed E-state index contributed by atoms with van der Waals surface area (Å²) in [7, 11) is -3.96. The van der Waals surface area contributed by atoms with Gasteiger partial charge in [-0.1, -0.05) is 18.2 Å². The van der Waals surface area contributed by atoms with Gasteiger partial charge in [0, 0.05) is 31.7 Å². The minimum Gasteiger partial charge on any atom is -0.343 e. The third-order valence-corrected chi connectivity index (χ3v) is 7.15. The molecule has 7 nitrogen and oxygen atoms in total. The Hall–Kier alpha value is -2.78. The van der Waals surface area contributed by atoms with E-state index < -0.39 is 15.8 Å².